The molecule has 0 amide bonds. The highest BCUT2D eigenvalue weighted by molar-refractivity contribution is 5.86. The molecule has 0 aromatic rings. The van der Waals surface area contributed by atoms with Crippen molar-refractivity contribution in [3.63, 3.8) is 0 Å². The van der Waals surface area contributed by atoms with Crippen molar-refractivity contribution in [3.8, 4) is 0 Å². The van der Waals surface area contributed by atoms with Gasteiger partial charge in [0.05, 0.1) is 25.4 Å². The molecule has 1 saturated heterocycles. The molecule has 5 aliphatic rings. The minimum absolute atomic E-state index is 0.0682. The Morgan fingerprint density at radius 1 is 1.13 bits per heavy atom. The summed E-state index contributed by atoms with van der Waals surface area (Å²) in [6.45, 7) is 8.61. The largest absolute Gasteiger partial charge is 0.462 e. The van der Waals surface area contributed by atoms with Crippen LogP contribution in [0.4, 0.5) is 0 Å². The standard InChI is InChI=1S/C25H36O6/c1-14(26)25(28)8-7-18-17-6-5-16-11-19-20(30-10-9-29-19)12-23(16,3)22(17)21(31-15(2)27)13-24(18,25)4/h5,17-22,28H,6-13H2,1-4H3/t17-,18-,19?,20?,21+,22+,23-,24-,25-/m0/s1. The van der Waals surface area contributed by atoms with Crippen molar-refractivity contribution in [2.24, 2.45) is 28.6 Å². The van der Waals surface area contributed by atoms with Crippen molar-refractivity contribution in [1.29, 1.82) is 0 Å². The van der Waals surface area contributed by atoms with Crippen LogP contribution in [-0.2, 0) is 23.8 Å². The molecular weight excluding hydrogens is 396 g/mol. The second-order valence-corrected chi connectivity index (χ2v) is 11.1. The number of ketones is 1. The number of hydrogen-bond donors (Lipinski definition) is 1. The summed E-state index contributed by atoms with van der Waals surface area (Å²) >= 11 is 0. The van der Waals surface area contributed by atoms with Gasteiger partial charge in [0.1, 0.15) is 11.7 Å². The maximum Gasteiger partial charge on any atom is 0.302 e. The number of aliphatic hydroxyl groups is 1. The zero-order valence-corrected chi connectivity index (χ0v) is 19.2. The van der Waals surface area contributed by atoms with Gasteiger partial charge in [0.2, 0.25) is 0 Å². The SMILES string of the molecule is CC(=O)O[C@@H]1C[C@@]2(C)[C@@H](CC[C@]2(O)C(C)=O)[C@@H]2CC=C3CC4OCCOC4C[C@]3(C)[C@H]21. The minimum atomic E-state index is -1.34. The highest BCUT2D eigenvalue weighted by atomic mass is 16.6. The quantitative estimate of drug-likeness (QED) is 0.533. The van der Waals surface area contributed by atoms with E-state index in [2.05, 4.69) is 19.9 Å². The number of carbonyl (C=O) groups is 2. The van der Waals surface area contributed by atoms with Gasteiger partial charge in [-0.2, -0.15) is 0 Å². The normalized spacial score (nSPS) is 50.9. The molecule has 6 heteroatoms. The summed E-state index contributed by atoms with van der Waals surface area (Å²) in [5.41, 5.74) is -0.655. The van der Waals surface area contributed by atoms with E-state index in [-0.39, 0.29) is 53.2 Å². The predicted octanol–water partition coefficient (Wildman–Crippen LogP) is 3.20. The van der Waals surface area contributed by atoms with Crippen molar-refractivity contribution in [1.82, 2.24) is 0 Å². The lowest BCUT2D eigenvalue weighted by atomic mass is 9.45. The Kier molecular flexibility index (Phi) is 4.97. The van der Waals surface area contributed by atoms with Crippen LogP contribution in [0.1, 0.15) is 66.2 Å². The summed E-state index contributed by atoms with van der Waals surface area (Å²) in [5, 5.41) is 11.5. The minimum Gasteiger partial charge on any atom is -0.462 e. The molecule has 6 nitrogen and oxygen atoms in total. The topological polar surface area (TPSA) is 82.1 Å². The molecule has 4 fully saturated rings. The number of ether oxygens (including phenoxy) is 3. The summed E-state index contributed by atoms with van der Waals surface area (Å²) in [7, 11) is 0. The third kappa shape index (κ3) is 2.94. The molecule has 0 bridgehead atoms. The molecule has 1 heterocycles. The first-order valence-corrected chi connectivity index (χ1v) is 11.9. The van der Waals surface area contributed by atoms with Gasteiger partial charge < -0.3 is 19.3 Å². The Balaban J connectivity index is 1.56. The number of carbonyl (C=O) groups excluding carboxylic acids is 2. The molecule has 1 aliphatic heterocycles. The molecule has 9 atom stereocenters. The molecule has 3 saturated carbocycles. The molecule has 0 radical (unpaired) electrons. The Morgan fingerprint density at radius 2 is 1.84 bits per heavy atom. The molecule has 5 rings (SSSR count). The van der Waals surface area contributed by atoms with Gasteiger partial charge in [-0.3, -0.25) is 9.59 Å². The molecule has 4 aliphatic carbocycles. The van der Waals surface area contributed by atoms with Crippen molar-refractivity contribution < 1.29 is 28.9 Å². The lowest BCUT2D eigenvalue weighted by Gasteiger charge is -2.61. The molecule has 1 N–H and O–H groups in total. The van der Waals surface area contributed by atoms with Crippen LogP contribution in [0.2, 0.25) is 0 Å². The Bertz CT molecular complexity index is 821. The van der Waals surface area contributed by atoms with Crippen molar-refractivity contribution >= 4 is 11.8 Å². The molecule has 0 aromatic carbocycles. The summed E-state index contributed by atoms with van der Waals surface area (Å²) < 4.78 is 18.1. The number of rotatable bonds is 2. The van der Waals surface area contributed by atoms with E-state index in [9.17, 15) is 14.7 Å². The second-order valence-electron chi connectivity index (χ2n) is 11.1. The van der Waals surface area contributed by atoms with E-state index in [1.807, 2.05) is 0 Å². The van der Waals surface area contributed by atoms with Crippen LogP contribution in [0.25, 0.3) is 0 Å². The number of fused-ring (bicyclic) bond motifs is 6. The monoisotopic (exact) mass is 432 g/mol. The van der Waals surface area contributed by atoms with Crippen LogP contribution in [0.5, 0.6) is 0 Å². The van der Waals surface area contributed by atoms with Crippen molar-refractivity contribution in [2.75, 3.05) is 13.2 Å². The summed E-state index contributed by atoms with van der Waals surface area (Å²) in [4.78, 5) is 24.7. The fourth-order valence-electron chi connectivity index (χ4n) is 8.39. The van der Waals surface area contributed by atoms with Gasteiger partial charge in [0.15, 0.2) is 5.78 Å². The van der Waals surface area contributed by atoms with E-state index < -0.39 is 11.0 Å². The van der Waals surface area contributed by atoms with Crippen LogP contribution in [0, 0.1) is 28.6 Å². The zero-order chi connectivity index (χ0) is 22.2. The third-order valence-electron chi connectivity index (χ3n) is 9.80. The van der Waals surface area contributed by atoms with E-state index in [0.29, 0.717) is 26.1 Å². The summed E-state index contributed by atoms with van der Waals surface area (Å²) in [6.07, 6.45) is 6.75. The van der Waals surface area contributed by atoms with E-state index in [1.54, 1.807) is 0 Å². The van der Waals surface area contributed by atoms with Gasteiger partial charge >= 0.3 is 5.97 Å². The predicted molar refractivity (Wildman–Crippen MR) is 113 cm³/mol. The first-order valence-electron chi connectivity index (χ1n) is 11.9. The van der Waals surface area contributed by atoms with Gasteiger partial charge in [-0.25, -0.2) is 0 Å². The van der Waals surface area contributed by atoms with E-state index in [4.69, 9.17) is 14.2 Å². The highest BCUT2D eigenvalue weighted by Crippen LogP contribution is 2.68. The first-order chi connectivity index (χ1) is 14.6. The second kappa shape index (κ2) is 7.13. The van der Waals surface area contributed by atoms with Crippen LogP contribution < -0.4 is 0 Å². The van der Waals surface area contributed by atoms with Crippen molar-refractivity contribution in [3.05, 3.63) is 11.6 Å². The highest BCUT2D eigenvalue weighted by Gasteiger charge is 2.68. The summed E-state index contributed by atoms with van der Waals surface area (Å²) in [5.74, 6) is 0.209. The van der Waals surface area contributed by atoms with Gasteiger partial charge in [-0.1, -0.05) is 25.5 Å². The van der Waals surface area contributed by atoms with Crippen LogP contribution >= 0.6 is 0 Å². The molecule has 0 aromatic heterocycles. The lowest BCUT2D eigenvalue weighted by Crippen LogP contribution is -2.63. The number of hydrogen-bond acceptors (Lipinski definition) is 6. The molecule has 31 heavy (non-hydrogen) atoms. The van der Waals surface area contributed by atoms with Gasteiger partial charge in [0, 0.05) is 18.3 Å². The number of esters is 1. The Labute approximate surface area is 184 Å². The van der Waals surface area contributed by atoms with E-state index in [0.717, 1.165) is 25.7 Å². The lowest BCUT2D eigenvalue weighted by molar-refractivity contribution is -0.206. The maximum atomic E-state index is 12.6. The fourth-order valence-corrected chi connectivity index (χ4v) is 8.39. The van der Waals surface area contributed by atoms with E-state index in [1.165, 1.54) is 19.4 Å². The maximum absolute atomic E-state index is 12.6. The molecule has 172 valence electrons. The fraction of sp³-hybridized carbons (Fsp3) is 0.840. The molecular formula is C25H36O6. The number of Topliss-reactive ketones (excluding diaryl/α,β-unsaturated/α-hetero) is 1. The van der Waals surface area contributed by atoms with Crippen LogP contribution in [0.3, 0.4) is 0 Å². The average Bonchev–Trinajstić information content (AvgIpc) is 2.97. The Morgan fingerprint density at radius 3 is 2.52 bits per heavy atom. The number of allylic oxidation sites excluding steroid dienone is 1. The zero-order valence-electron chi connectivity index (χ0n) is 19.2. The first kappa shape index (κ1) is 21.6. The van der Waals surface area contributed by atoms with Crippen LogP contribution in [-0.4, -0.2) is 54.0 Å². The van der Waals surface area contributed by atoms with Gasteiger partial charge in [-0.15, -0.1) is 0 Å². The molecule has 0 spiro atoms. The van der Waals surface area contributed by atoms with Crippen molar-refractivity contribution in [2.45, 2.75) is 90.1 Å². The summed E-state index contributed by atoms with van der Waals surface area (Å²) in [6, 6.07) is 0. The smallest absolute Gasteiger partial charge is 0.302 e. The van der Waals surface area contributed by atoms with Crippen LogP contribution in [0.15, 0.2) is 11.6 Å². The third-order valence-corrected chi connectivity index (χ3v) is 9.80. The average molecular weight is 433 g/mol. The molecule has 2 unspecified atom stereocenters. The van der Waals surface area contributed by atoms with Gasteiger partial charge in [0.25, 0.3) is 0 Å². The van der Waals surface area contributed by atoms with E-state index >= 15 is 0 Å². The Hall–Kier alpha value is -1.24. The van der Waals surface area contributed by atoms with Gasteiger partial charge in [-0.05, 0) is 62.7 Å².